The van der Waals surface area contributed by atoms with Gasteiger partial charge in [0.2, 0.25) is 0 Å². The Kier molecular flexibility index (Phi) is 2.33. The van der Waals surface area contributed by atoms with Crippen LogP contribution in [0.1, 0.15) is 31.2 Å². The first-order chi connectivity index (χ1) is 6.60. The van der Waals surface area contributed by atoms with E-state index in [-0.39, 0.29) is 11.6 Å². The molecule has 0 amide bonds. The van der Waals surface area contributed by atoms with Gasteiger partial charge in [0, 0.05) is 24.3 Å². The Bertz CT molecular complexity index is 313. The molecule has 1 saturated carbocycles. The molecule has 14 heavy (non-hydrogen) atoms. The van der Waals surface area contributed by atoms with Gasteiger partial charge >= 0.3 is 0 Å². The van der Waals surface area contributed by atoms with Crippen molar-refractivity contribution < 1.29 is 5.11 Å². The minimum Gasteiger partial charge on any atom is -0.393 e. The highest BCUT2D eigenvalue weighted by Crippen LogP contribution is 2.34. The topological polar surface area (TPSA) is 64.1 Å². The summed E-state index contributed by atoms with van der Waals surface area (Å²) in [5.41, 5.74) is 7.11. The predicted molar refractivity (Wildman–Crippen MR) is 53.5 cm³/mol. The molecule has 1 fully saturated rings. The molecule has 3 N–H and O–H groups in total. The summed E-state index contributed by atoms with van der Waals surface area (Å²) in [6.45, 7) is 0. The number of aliphatic hydroxyl groups is 1. The lowest BCUT2D eigenvalue weighted by molar-refractivity contribution is 0.0969. The molecule has 78 valence electrons. The summed E-state index contributed by atoms with van der Waals surface area (Å²) < 4.78 is 1.77. The van der Waals surface area contributed by atoms with Crippen LogP contribution in [0.3, 0.4) is 0 Å². The molecule has 4 heteroatoms. The number of hydrogen-bond acceptors (Lipinski definition) is 3. The van der Waals surface area contributed by atoms with Crippen LogP contribution >= 0.6 is 0 Å². The Balaban J connectivity index is 2.16. The van der Waals surface area contributed by atoms with Crippen molar-refractivity contribution in [3.63, 3.8) is 0 Å². The lowest BCUT2D eigenvalue weighted by atomic mass is 9.77. The van der Waals surface area contributed by atoms with Gasteiger partial charge in [0.25, 0.3) is 0 Å². The maximum absolute atomic E-state index is 9.42. The van der Waals surface area contributed by atoms with Crippen LogP contribution < -0.4 is 5.73 Å². The summed E-state index contributed by atoms with van der Waals surface area (Å²) in [5.74, 6) is 0. The van der Waals surface area contributed by atoms with Crippen LogP contribution in [0.2, 0.25) is 0 Å². The summed E-state index contributed by atoms with van der Waals surface area (Å²) in [4.78, 5) is 0. The molecule has 0 bridgehead atoms. The van der Waals surface area contributed by atoms with Gasteiger partial charge in [0.05, 0.1) is 12.3 Å². The second-order valence-corrected chi connectivity index (χ2v) is 4.29. The van der Waals surface area contributed by atoms with Crippen molar-refractivity contribution >= 4 is 0 Å². The number of rotatable bonds is 1. The van der Waals surface area contributed by atoms with E-state index in [2.05, 4.69) is 5.10 Å². The van der Waals surface area contributed by atoms with Gasteiger partial charge in [-0.25, -0.2) is 0 Å². The molecule has 1 aromatic rings. The van der Waals surface area contributed by atoms with Crippen molar-refractivity contribution in [2.24, 2.45) is 12.8 Å². The molecule has 0 aliphatic heterocycles. The molecule has 0 aromatic carbocycles. The van der Waals surface area contributed by atoms with Crippen LogP contribution in [0.25, 0.3) is 0 Å². The molecular formula is C10H17N3O. The normalized spacial score (nSPS) is 33.2. The highest BCUT2D eigenvalue weighted by atomic mass is 16.3. The Hall–Kier alpha value is -0.870. The molecule has 0 spiro atoms. The first-order valence-corrected chi connectivity index (χ1v) is 5.06. The second kappa shape index (κ2) is 3.37. The standard InChI is InChI=1S/C10H17N3O/c1-13-7-8(6-12-13)10(11)4-2-9(14)3-5-10/h6-7,9,14H,2-5,11H2,1H3. The van der Waals surface area contributed by atoms with Gasteiger partial charge in [-0.05, 0) is 25.7 Å². The van der Waals surface area contributed by atoms with Crippen LogP contribution in [0.5, 0.6) is 0 Å². The van der Waals surface area contributed by atoms with E-state index in [1.807, 2.05) is 19.4 Å². The molecule has 2 rings (SSSR count). The van der Waals surface area contributed by atoms with Gasteiger partial charge in [0.1, 0.15) is 0 Å². The van der Waals surface area contributed by atoms with E-state index in [0.717, 1.165) is 31.2 Å². The Morgan fingerprint density at radius 3 is 2.71 bits per heavy atom. The molecule has 1 heterocycles. The highest BCUT2D eigenvalue weighted by molar-refractivity contribution is 5.18. The van der Waals surface area contributed by atoms with Gasteiger partial charge in [-0.15, -0.1) is 0 Å². The molecule has 1 aliphatic rings. The summed E-state index contributed by atoms with van der Waals surface area (Å²) in [5, 5.41) is 13.5. The molecule has 0 radical (unpaired) electrons. The lowest BCUT2D eigenvalue weighted by Gasteiger charge is -2.34. The first kappa shape index (κ1) is 9.68. The zero-order valence-electron chi connectivity index (χ0n) is 8.48. The van der Waals surface area contributed by atoms with E-state index in [1.54, 1.807) is 4.68 Å². The number of aromatic nitrogens is 2. The molecular weight excluding hydrogens is 178 g/mol. The molecule has 0 unspecified atom stereocenters. The van der Waals surface area contributed by atoms with E-state index in [0.29, 0.717) is 0 Å². The Labute approximate surface area is 83.7 Å². The summed E-state index contributed by atoms with van der Waals surface area (Å²) in [6.07, 6.45) is 6.93. The van der Waals surface area contributed by atoms with Gasteiger partial charge < -0.3 is 10.8 Å². The number of aliphatic hydroxyl groups excluding tert-OH is 1. The molecule has 0 atom stereocenters. The smallest absolute Gasteiger partial charge is 0.0541 e. The van der Waals surface area contributed by atoms with Gasteiger partial charge in [0.15, 0.2) is 0 Å². The van der Waals surface area contributed by atoms with Crippen LogP contribution in [-0.4, -0.2) is 21.0 Å². The van der Waals surface area contributed by atoms with Crippen LogP contribution in [0.4, 0.5) is 0 Å². The van der Waals surface area contributed by atoms with Crippen molar-refractivity contribution in [3.8, 4) is 0 Å². The monoisotopic (exact) mass is 195 g/mol. The number of aryl methyl sites for hydroxylation is 1. The number of hydrogen-bond donors (Lipinski definition) is 2. The molecule has 0 saturated heterocycles. The van der Waals surface area contributed by atoms with E-state index < -0.39 is 0 Å². The Morgan fingerprint density at radius 2 is 2.21 bits per heavy atom. The SMILES string of the molecule is Cn1cc(C2(N)CCC(O)CC2)cn1. The van der Waals surface area contributed by atoms with Crippen molar-refractivity contribution in [1.29, 1.82) is 0 Å². The van der Waals surface area contributed by atoms with Crippen LogP contribution in [0.15, 0.2) is 12.4 Å². The minimum atomic E-state index is -0.270. The lowest BCUT2D eigenvalue weighted by Crippen LogP contribution is -2.41. The summed E-state index contributed by atoms with van der Waals surface area (Å²) in [7, 11) is 1.89. The minimum absolute atomic E-state index is 0.164. The average molecular weight is 195 g/mol. The third kappa shape index (κ3) is 1.67. The van der Waals surface area contributed by atoms with Gasteiger partial charge in [-0.1, -0.05) is 0 Å². The van der Waals surface area contributed by atoms with E-state index in [1.165, 1.54) is 0 Å². The van der Waals surface area contributed by atoms with Crippen molar-refractivity contribution in [2.45, 2.75) is 37.3 Å². The van der Waals surface area contributed by atoms with Crippen molar-refractivity contribution in [2.75, 3.05) is 0 Å². The molecule has 1 aromatic heterocycles. The zero-order chi connectivity index (χ0) is 10.2. The zero-order valence-corrected chi connectivity index (χ0v) is 8.48. The Morgan fingerprint density at radius 1 is 1.57 bits per heavy atom. The molecule has 4 nitrogen and oxygen atoms in total. The third-order valence-corrected chi connectivity index (χ3v) is 3.13. The molecule has 1 aliphatic carbocycles. The van der Waals surface area contributed by atoms with E-state index in [9.17, 15) is 5.11 Å². The second-order valence-electron chi connectivity index (χ2n) is 4.29. The highest BCUT2D eigenvalue weighted by Gasteiger charge is 2.33. The maximum Gasteiger partial charge on any atom is 0.0541 e. The quantitative estimate of drug-likeness (QED) is 0.686. The maximum atomic E-state index is 9.42. The van der Waals surface area contributed by atoms with Crippen LogP contribution in [0, 0.1) is 0 Å². The van der Waals surface area contributed by atoms with Crippen molar-refractivity contribution in [3.05, 3.63) is 18.0 Å². The largest absolute Gasteiger partial charge is 0.393 e. The summed E-state index contributed by atoms with van der Waals surface area (Å²) in [6, 6.07) is 0. The first-order valence-electron chi connectivity index (χ1n) is 5.06. The number of nitrogens with two attached hydrogens (primary N) is 1. The fourth-order valence-corrected chi connectivity index (χ4v) is 2.08. The predicted octanol–water partition coefficient (Wildman–Crippen LogP) is 0.509. The van der Waals surface area contributed by atoms with E-state index in [4.69, 9.17) is 5.73 Å². The van der Waals surface area contributed by atoms with Gasteiger partial charge in [-0.3, -0.25) is 4.68 Å². The van der Waals surface area contributed by atoms with E-state index >= 15 is 0 Å². The van der Waals surface area contributed by atoms with Crippen LogP contribution in [-0.2, 0) is 12.6 Å². The van der Waals surface area contributed by atoms with Crippen molar-refractivity contribution in [1.82, 2.24) is 9.78 Å². The fraction of sp³-hybridized carbons (Fsp3) is 0.700. The van der Waals surface area contributed by atoms with Gasteiger partial charge in [-0.2, -0.15) is 5.10 Å². The average Bonchev–Trinajstić information content (AvgIpc) is 2.58. The fourth-order valence-electron chi connectivity index (χ4n) is 2.08. The summed E-state index contributed by atoms with van der Waals surface area (Å²) >= 11 is 0. The number of nitrogens with zero attached hydrogens (tertiary/aromatic N) is 2. The third-order valence-electron chi connectivity index (χ3n) is 3.13.